The minimum Gasteiger partial charge on any atom is -0.360 e. The molecule has 3 heterocycles. The molecule has 4 rings (SSSR count). The van der Waals surface area contributed by atoms with E-state index in [-0.39, 0.29) is 12.1 Å². The number of pyridine rings is 1. The Labute approximate surface area is 151 Å². The minimum atomic E-state index is -0.258. The van der Waals surface area contributed by atoms with E-state index >= 15 is 0 Å². The summed E-state index contributed by atoms with van der Waals surface area (Å²) in [6.45, 7) is 4.72. The molecule has 1 aliphatic heterocycles. The number of benzene rings is 1. The van der Waals surface area contributed by atoms with Gasteiger partial charge in [-0.1, -0.05) is 18.2 Å². The number of aryl methyl sites for hydroxylation is 2. The van der Waals surface area contributed by atoms with E-state index in [4.69, 9.17) is 0 Å². The summed E-state index contributed by atoms with van der Waals surface area (Å²) in [6, 6.07) is 14.1. The number of anilines is 1. The summed E-state index contributed by atoms with van der Waals surface area (Å²) in [5.74, 6) is 0.0271. The number of carbonyl (C=O) groups is 1. The van der Waals surface area contributed by atoms with Crippen molar-refractivity contribution in [2.45, 2.75) is 26.6 Å². The molecule has 25 heavy (non-hydrogen) atoms. The first-order valence-electron chi connectivity index (χ1n) is 8.25. The second-order valence-corrected chi connectivity index (χ2v) is 7.35. The number of nitrogens with zero attached hydrogens (tertiary/aromatic N) is 2. The average Bonchev–Trinajstić information content (AvgIpc) is 3.21. The molecule has 126 valence electrons. The van der Waals surface area contributed by atoms with Crippen molar-refractivity contribution in [2.75, 3.05) is 5.32 Å². The molecule has 1 amide bonds. The molecule has 0 spiro atoms. The van der Waals surface area contributed by atoms with Crippen LogP contribution in [-0.2, 0) is 6.54 Å². The molecule has 0 aliphatic carbocycles. The van der Waals surface area contributed by atoms with E-state index in [9.17, 15) is 4.79 Å². The van der Waals surface area contributed by atoms with Crippen molar-refractivity contribution < 1.29 is 4.79 Å². The lowest BCUT2D eigenvalue weighted by Gasteiger charge is -2.27. The number of amides is 1. The predicted octanol–water partition coefficient (Wildman–Crippen LogP) is 4.53. The van der Waals surface area contributed by atoms with Gasteiger partial charge in [0.1, 0.15) is 6.17 Å². The molecule has 5 heteroatoms. The molecule has 0 fully saturated rings. The number of hydrogen-bond donors (Lipinski definition) is 1. The topological polar surface area (TPSA) is 45.2 Å². The molecule has 1 unspecified atom stereocenters. The second kappa shape index (κ2) is 6.33. The highest BCUT2D eigenvalue weighted by molar-refractivity contribution is 7.09. The first kappa shape index (κ1) is 15.8. The van der Waals surface area contributed by atoms with Gasteiger partial charge in [0.05, 0.1) is 17.8 Å². The van der Waals surface area contributed by atoms with Crippen molar-refractivity contribution in [3.8, 4) is 0 Å². The SMILES string of the molecule is Cc1ccc(C)c(NC2c3ncccc3C(=O)N2Cc2cccs2)c1. The standard InChI is InChI=1S/C20H19N3OS/c1-13-7-8-14(2)17(11-13)22-19-18-16(6-3-9-21-18)20(24)23(19)12-15-5-4-10-25-15/h3-11,19,22H,12H2,1-2H3. The Kier molecular flexibility index (Phi) is 4.01. The van der Waals surface area contributed by atoms with E-state index in [1.165, 1.54) is 5.56 Å². The molecule has 1 atom stereocenters. The first-order valence-corrected chi connectivity index (χ1v) is 9.13. The van der Waals surface area contributed by atoms with Gasteiger partial charge < -0.3 is 10.2 Å². The van der Waals surface area contributed by atoms with Crippen molar-refractivity contribution in [1.82, 2.24) is 9.88 Å². The maximum Gasteiger partial charge on any atom is 0.258 e. The van der Waals surface area contributed by atoms with E-state index in [1.807, 2.05) is 28.5 Å². The van der Waals surface area contributed by atoms with Crippen LogP contribution >= 0.6 is 11.3 Å². The largest absolute Gasteiger partial charge is 0.360 e. The van der Waals surface area contributed by atoms with Gasteiger partial charge in [-0.2, -0.15) is 0 Å². The molecular weight excluding hydrogens is 330 g/mol. The van der Waals surface area contributed by atoms with Crippen LogP contribution in [0.4, 0.5) is 5.69 Å². The maximum absolute atomic E-state index is 12.9. The van der Waals surface area contributed by atoms with Crippen LogP contribution < -0.4 is 5.32 Å². The smallest absolute Gasteiger partial charge is 0.258 e. The summed E-state index contributed by atoms with van der Waals surface area (Å²) < 4.78 is 0. The van der Waals surface area contributed by atoms with E-state index < -0.39 is 0 Å². The zero-order chi connectivity index (χ0) is 17.4. The fraction of sp³-hybridized carbons (Fsp3) is 0.200. The number of hydrogen-bond acceptors (Lipinski definition) is 4. The highest BCUT2D eigenvalue weighted by atomic mass is 32.1. The highest BCUT2D eigenvalue weighted by Gasteiger charge is 2.38. The van der Waals surface area contributed by atoms with Gasteiger partial charge in [0.2, 0.25) is 0 Å². The van der Waals surface area contributed by atoms with E-state index in [2.05, 4.69) is 48.4 Å². The Bertz CT molecular complexity index is 920. The maximum atomic E-state index is 12.9. The molecule has 3 aromatic rings. The fourth-order valence-corrected chi connectivity index (χ4v) is 3.86. The Morgan fingerprint density at radius 2 is 2.08 bits per heavy atom. The Hall–Kier alpha value is -2.66. The van der Waals surface area contributed by atoms with Crippen LogP contribution in [0.3, 0.4) is 0 Å². The van der Waals surface area contributed by atoms with Gasteiger partial charge in [-0.05, 0) is 54.6 Å². The van der Waals surface area contributed by atoms with Crippen LogP contribution in [-0.4, -0.2) is 15.8 Å². The highest BCUT2D eigenvalue weighted by Crippen LogP contribution is 2.35. The van der Waals surface area contributed by atoms with Crippen LogP contribution in [0.25, 0.3) is 0 Å². The van der Waals surface area contributed by atoms with Crippen LogP contribution in [0.15, 0.2) is 54.0 Å². The van der Waals surface area contributed by atoms with Gasteiger partial charge >= 0.3 is 0 Å². The van der Waals surface area contributed by atoms with Gasteiger partial charge in [-0.25, -0.2) is 0 Å². The normalized spacial score (nSPS) is 16.2. The Morgan fingerprint density at radius 3 is 2.88 bits per heavy atom. The fourth-order valence-electron chi connectivity index (χ4n) is 3.15. The number of aromatic nitrogens is 1. The molecule has 1 aromatic carbocycles. The third-order valence-electron chi connectivity index (χ3n) is 4.49. The van der Waals surface area contributed by atoms with Crippen molar-refractivity contribution in [3.05, 3.63) is 81.3 Å². The molecule has 1 N–H and O–H groups in total. The number of carbonyl (C=O) groups excluding carboxylic acids is 1. The number of nitrogens with one attached hydrogen (secondary N) is 1. The van der Waals surface area contributed by atoms with Crippen molar-refractivity contribution in [3.63, 3.8) is 0 Å². The molecular formula is C20H19N3OS. The summed E-state index contributed by atoms with van der Waals surface area (Å²) in [7, 11) is 0. The summed E-state index contributed by atoms with van der Waals surface area (Å²) in [4.78, 5) is 20.5. The average molecular weight is 349 g/mol. The summed E-state index contributed by atoms with van der Waals surface area (Å²) in [5.41, 5.74) is 4.85. The van der Waals surface area contributed by atoms with Crippen molar-refractivity contribution in [2.24, 2.45) is 0 Å². The molecule has 4 nitrogen and oxygen atoms in total. The van der Waals surface area contributed by atoms with Gasteiger partial charge in [0.25, 0.3) is 5.91 Å². The van der Waals surface area contributed by atoms with E-state index in [0.717, 1.165) is 21.8 Å². The van der Waals surface area contributed by atoms with Crippen molar-refractivity contribution >= 4 is 22.9 Å². The molecule has 1 aliphatic rings. The Balaban J connectivity index is 1.72. The van der Waals surface area contributed by atoms with Gasteiger partial charge in [0.15, 0.2) is 0 Å². The van der Waals surface area contributed by atoms with Crippen LogP contribution in [0.1, 0.15) is 38.2 Å². The van der Waals surface area contributed by atoms with Crippen LogP contribution in [0, 0.1) is 13.8 Å². The summed E-state index contributed by atoms with van der Waals surface area (Å²) >= 11 is 1.66. The number of thiophene rings is 1. The molecule has 2 aromatic heterocycles. The van der Waals surface area contributed by atoms with Gasteiger partial charge in [-0.3, -0.25) is 9.78 Å². The molecule has 0 saturated heterocycles. The zero-order valence-corrected chi connectivity index (χ0v) is 15.0. The number of fused-ring (bicyclic) bond motifs is 1. The molecule has 0 radical (unpaired) electrons. The van der Waals surface area contributed by atoms with Crippen molar-refractivity contribution in [1.29, 1.82) is 0 Å². The lowest BCUT2D eigenvalue weighted by molar-refractivity contribution is 0.0729. The van der Waals surface area contributed by atoms with Crippen LogP contribution in [0.5, 0.6) is 0 Å². The third-order valence-corrected chi connectivity index (χ3v) is 5.35. The zero-order valence-electron chi connectivity index (χ0n) is 14.2. The minimum absolute atomic E-state index is 0.0271. The van der Waals surface area contributed by atoms with Gasteiger partial charge in [-0.15, -0.1) is 11.3 Å². The molecule has 0 bridgehead atoms. The van der Waals surface area contributed by atoms with E-state index in [1.54, 1.807) is 17.5 Å². The van der Waals surface area contributed by atoms with Gasteiger partial charge in [0, 0.05) is 16.8 Å². The first-order chi connectivity index (χ1) is 12.1. The summed E-state index contributed by atoms with van der Waals surface area (Å²) in [6.07, 6.45) is 1.49. The lowest BCUT2D eigenvalue weighted by Crippen LogP contribution is -2.32. The quantitative estimate of drug-likeness (QED) is 0.753. The third kappa shape index (κ3) is 2.91. The molecule has 0 saturated carbocycles. The van der Waals surface area contributed by atoms with Crippen LogP contribution in [0.2, 0.25) is 0 Å². The predicted molar refractivity (Wildman–Crippen MR) is 101 cm³/mol. The van der Waals surface area contributed by atoms with E-state index in [0.29, 0.717) is 12.1 Å². The monoisotopic (exact) mass is 349 g/mol. The lowest BCUT2D eigenvalue weighted by atomic mass is 10.1. The number of rotatable bonds is 4. The Morgan fingerprint density at radius 1 is 1.20 bits per heavy atom. The second-order valence-electron chi connectivity index (χ2n) is 6.31. The summed E-state index contributed by atoms with van der Waals surface area (Å²) in [5, 5.41) is 5.58.